The van der Waals surface area contributed by atoms with Crippen molar-refractivity contribution in [1.82, 2.24) is 0 Å². The van der Waals surface area contributed by atoms with Gasteiger partial charge in [-0.3, -0.25) is 9.59 Å². The van der Waals surface area contributed by atoms with Crippen molar-refractivity contribution < 1.29 is 29.0 Å². The van der Waals surface area contributed by atoms with Crippen LogP contribution in [-0.4, -0.2) is 40.1 Å². The Labute approximate surface area is 167 Å². The summed E-state index contributed by atoms with van der Waals surface area (Å²) in [6.45, 7) is 12.0. The lowest BCUT2D eigenvalue weighted by molar-refractivity contribution is -0.170. The molecule has 2 aliphatic carbocycles. The van der Waals surface area contributed by atoms with Crippen LogP contribution in [0.15, 0.2) is 22.8 Å². The number of rotatable bonds is 4. The summed E-state index contributed by atoms with van der Waals surface area (Å²) >= 11 is 0. The molecule has 156 valence electrons. The number of carbonyl (C=O) groups is 3. The second kappa shape index (κ2) is 7.82. The molecule has 6 heteroatoms. The quantitative estimate of drug-likeness (QED) is 0.583. The molecule has 0 spiro atoms. The van der Waals surface area contributed by atoms with Gasteiger partial charge < -0.3 is 14.6 Å². The smallest absolute Gasteiger partial charge is 0.333 e. The predicted octanol–water partition coefficient (Wildman–Crippen LogP) is 3.27. The van der Waals surface area contributed by atoms with Crippen molar-refractivity contribution in [3.05, 3.63) is 22.8 Å². The molecule has 0 aliphatic heterocycles. The van der Waals surface area contributed by atoms with Gasteiger partial charge in [0.25, 0.3) is 0 Å². The molecule has 0 aromatic carbocycles. The molecule has 0 radical (unpaired) electrons. The monoisotopic (exact) mass is 392 g/mol. The van der Waals surface area contributed by atoms with Crippen LogP contribution in [0.3, 0.4) is 0 Å². The fraction of sp³-hybridized carbons (Fsp3) is 0.682. The number of esters is 2. The summed E-state index contributed by atoms with van der Waals surface area (Å²) in [5.74, 6) is -1.60. The SMILES string of the molecule is CC=C(C)C(=O)OC1CC(C)C2(O)CC(=O)C(C)=C2CC1C(C)(C)OC(C)=O. The van der Waals surface area contributed by atoms with E-state index in [-0.39, 0.29) is 18.1 Å². The first-order valence-corrected chi connectivity index (χ1v) is 9.82. The number of ether oxygens (including phenoxy) is 2. The molecule has 0 aromatic heterocycles. The fourth-order valence-corrected chi connectivity index (χ4v) is 4.46. The Hall–Kier alpha value is -1.95. The van der Waals surface area contributed by atoms with Crippen LogP contribution in [0.2, 0.25) is 0 Å². The molecular weight excluding hydrogens is 360 g/mol. The van der Waals surface area contributed by atoms with Gasteiger partial charge in [-0.05, 0) is 64.5 Å². The van der Waals surface area contributed by atoms with Crippen LogP contribution >= 0.6 is 0 Å². The summed E-state index contributed by atoms with van der Waals surface area (Å²) in [6.07, 6.45) is 1.87. The van der Waals surface area contributed by atoms with Gasteiger partial charge in [-0.15, -0.1) is 0 Å². The van der Waals surface area contributed by atoms with Crippen molar-refractivity contribution in [2.45, 2.75) is 85.0 Å². The Morgan fingerprint density at radius 2 is 1.89 bits per heavy atom. The summed E-state index contributed by atoms with van der Waals surface area (Å²) < 4.78 is 11.4. The Bertz CT molecular complexity index is 744. The van der Waals surface area contributed by atoms with E-state index in [1.54, 1.807) is 40.7 Å². The van der Waals surface area contributed by atoms with Gasteiger partial charge in [0.05, 0.1) is 5.60 Å². The molecule has 2 rings (SSSR count). The first-order chi connectivity index (χ1) is 12.8. The molecule has 4 atom stereocenters. The van der Waals surface area contributed by atoms with E-state index in [1.165, 1.54) is 6.92 Å². The number of hydrogen-bond acceptors (Lipinski definition) is 6. The van der Waals surface area contributed by atoms with E-state index in [4.69, 9.17) is 9.47 Å². The van der Waals surface area contributed by atoms with Crippen LogP contribution in [0.4, 0.5) is 0 Å². The highest BCUT2D eigenvalue weighted by molar-refractivity contribution is 6.00. The highest BCUT2D eigenvalue weighted by atomic mass is 16.6. The number of ketones is 1. The van der Waals surface area contributed by atoms with Crippen molar-refractivity contribution in [1.29, 1.82) is 0 Å². The Morgan fingerprint density at radius 1 is 1.29 bits per heavy atom. The zero-order valence-corrected chi connectivity index (χ0v) is 17.9. The van der Waals surface area contributed by atoms with Crippen molar-refractivity contribution in [2.75, 3.05) is 0 Å². The summed E-state index contributed by atoms with van der Waals surface area (Å²) in [5.41, 5.74) is -0.455. The number of Topliss-reactive ketones (excluding diaryl/α,β-unsaturated/α-hetero) is 1. The van der Waals surface area contributed by atoms with E-state index in [2.05, 4.69) is 0 Å². The molecule has 1 N–H and O–H groups in total. The number of aliphatic hydroxyl groups is 1. The maximum absolute atomic E-state index is 12.5. The van der Waals surface area contributed by atoms with Crippen molar-refractivity contribution in [3.63, 3.8) is 0 Å². The van der Waals surface area contributed by atoms with E-state index in [0.717, 1.165) is 0 Å². The highest BCUT2D eigenvalue weighted by Crippen LogP contribution is 2.50. The van der Waals surface area contributed by atoms with Crippen LogP contribution in [0.1, 0.15) is 67.7 Å². The van der Waals surface area contributed by atoms with E-state index in [9.17, 15) is 19.5 Å². The molecule has 2 aliphatic rings. The average molecular weight is 392 g/mol. The number of carbonyl (C=O) groups excluding carboxylic acids is 3. The lowest BCUT2D eigenvalue weighted by Gasteiger charge is -2.38. The fourth-order valence-electron chi connectivity index (χ4n) is 4.46. The largest absolute Gasteiger partial charge is 0.459 e. The predicted molar refractivity (Wildman–Crippen MR) is 104 cm³/mol. The third kappa shape index (κ3) is 4.07. The molecule has 1 saturated carbocycles. The molecule has 28 heavy (non-hydrogen) atoms. The number of hydrogen-bond donors (Lipinski definition) is 1. The third-order valence-electron chi connectivity index (χ3n) is 6.41. The van der Waals surface area contributed by atoms with Gasteiger partial charge in [-0.2, -0.15) is 0 Å². The average Bonchev–Trinajstić information content (AvgIpc) is 2.73. The van der Waals surface area contributed by atoms with E-state index < -0.39 is 35.2 Å². The standard InChI is InChI=1S/C22H32O6/c1-8-12(2)20(25)27-19-9-13(3)22(26)11-18(24)14(4)16(22)10-17(19)21(6,7)28-15(5)23/h8,13,17,19,26H,9-11H2,1-7H3. The van der Waals surface area contributed by atoms with Gasteiger partial charge in [0, 0.05) is 24.8 Å². The molecule has 0 amide bonds. The van der Waals surface area contributed by atoms with Gasteiger partial charge in [0.1, 0.15) is 11.7 Å². The zero-order chi connectivity index (χ0) is 21.4. The second-order valence-corrected chi connectivity index (χ2v) is 8.69. The highest BCUT2D eigenvalue weighted by Gasteiger charge is 2.54. The van der Waals surface area contributed by atoms with E-state index in [1.807, 2.05) is 6.92 Å². The summed E-state index contributed by atoms with van der Waals surface area (Å²) in [5, 5.41) is 11.3. The van der Waals surface area contributed by atoms with E-state index in [0.29, 0.717) is 29.6 Å². The lowest BCUT2D eigenvalue weighted by atomic mass is 9.80. The first-order valence-electron chi connectivity index (χ1n) is 9.82. The lowest BCUT2D eigenvalue weighted by Crippen LogP contribution is -2.44. The number of allylic oxidation sites excluding steroid dienone is 2. The minimum absolute atomic E-state index is 0.0462. The van der Waals surface area contributed by atoms with Crippen LogP contribution in [0, 0.1) is 11.8 Å². The summed E-state index contributed by atoms with van der Waals surface area (Å²) in [4.78, 5) is 36.5. The molecule has 0 heterocycles. The molecule has 0 aromatic rings. The topological polar surface area (TPSA) is 89.9 Å². The Kier molecular flexibility index (Phi) is 6.24. The first kappa shape index (κ1) is 22.3. The van der Waals surface area contributed by atoms with Gasteiger partial charge in [0.15, 0.2) is 5.78 Å². The molecular formula is C22H32O6. The maximum atomic E-state index is 12.5. The maximum Gasteiger partial charge on any atom is 0.333 e. The van der Waals surface area contributed by atoms with Crippen molar-refractivity contribution >= 4 is 17.7 Å². The summed E-state index contributed by atoms with van der Waals surface area (Å²) in [6, 6.07) is 0. The van der Waals surface area contributed by atoms with Gasteiger partial charge in [-0.1, -0.05) is 13.0 Å². The molecule has 6 nitrogen and oxygen atoms in total. The second-order valence-electron chi connectivity index (χ2n) is 8.69. The van der Waals surface area contributed by atoms with Crippen LogP contribution in [-0.2, 0) is 23.9 Å². The van der Waals surface area contributed by atoms with E-state index >= 15 is 0 Å². The van der Waals surface area contributed by atoms with Gasteiger partial charge in [0.2, 0.25) is 0 Å². The number of fused-ring (bicyclic) bond motifs is 1. The molecule has 1 fully saturated rings. The van der Waals surface area contributed by atoms with Gasteiger partial charge >= 0.3 is 11.9 Å². The van der Waals surface area contributed by atoms with Crippen LogP contribution < -0.4 is 0 Å². The van der Waals surface area contributed by atoms with Gasteiger partial charge in [-0.25, -0.2) is 4.79 Å². The van der Waals surface area contributed by atoms with Crippen molar-refractivity contribution in [2.24, 2.45) is 11.8 Å². The van der Waals surface area contributed by atoms with Crippen LogP contribution in [0.5, 0.6) is 0 Å². The molecule has 0 bridgehead atoms. The molecule has 4 unspecified atom stereocenters. The third-order valence-corrected chi connectivity index (χ3v) is 6.41. The molecule has 0 saturated heterocycles. The minimum Gasteiger partial charge on any atom is -0.459 e. The Balaban J connectivity index is 2.51. The minimum atomic E-state index is -1.25. The Morgan fingerprint density at radius 3 is 2.43 bits per heavy atom. The zero-order valence-electron chi connectivity index (χ0n) is 17.9. The normalized spacial score (nSPS) is 31.4. The van der Waals surface area contributed by atoms with Crippen molar-refractivity contribution in [3.8, 4) is 0 Å². The van der Waals surface area contributed by atoms with Crippen LogP contribution in [0.25, 0.3) is 0 Å². The summed E-state index contributed by atoms with van der Waals surface area (Å²) in [7, 11) is 0.